The molecule has 0 aliphatic heterocycles. The number of carbonyl (C=O) groups is 3. The van der Waals surface area contributed by atoms with Crippen LogP contribution in [0.3, 0.4) is 0 Å². The number of carboxylic acids is 1. The molecule has 46 heavy (non-hydrogen) atoms. The van der Waals surface area contributed by atoms with Crippen molar-refractivity contribution in [3.63, 3.8) is 0 Å². The lowest BCUT2D eigenvalue weighted by atomic mass is 10.0. The highest BCUT2D eigenvalue weighted by Gasteiger charge is 2.39. The van der Waals surface area contributed by atoms with Crippen LogP contribution >= 0.6 is 0 Å². The van der Waals surface area contributed by atoms with Crippen LogP contribution in [0.5, 0.6) is 0 Å². The maximum absolute atomic E-state index is 13.4. The minimum atomic E-state index is -1.53. The number of benzene rings is 3. The molecule has 3 aromatic rings. The van der Waals surface area contributed by atoms with Gasteiger partial charge in [0, 0.05) is 25.4 Å². The quantitative estimate of drug-likeness (QED) is 0.103. The number of esters is 1. The Morgan fingerprint density at radius 1 is 0.804 bits per heavy atom. The third-order valence-electron chi connectivity index (χ3n) is 7.38. The van der Waals surface area contributed by atoms with E-state index in [1.807, 2.05) is 12.1 Å². The lowest BCUT2D eigenvalue weighted by Gasteiger charge is -2.28. The topological polar surface area (TPSA) is 123 Å². The minimum Gasteiger partial charge on any atom is -0.480 e. The molecule has 250 valence electrons. The number of aryl methyl sites for hydroxylation is 3. The fraction of sp³-hybridized carbons (Fsp3) is 0.486. The van der Waals surface area contributed by atoms with Crippen LogP contribution in [0.4, 0.5) is 5.69 Å². The van der Waals surface area contributed by atoms with E-state index < -0.39 is 42.3 Å². The van der Waals surface area contributed by atoms with E-state index in [-0.39, 0.29) is 6.61 Å². The molecule has 9 nitrogen and oxygen atoms in total. The molecule has 0 saturated heterocycles. The second kappa shape index (κ2) is 18.3. The summed E-state index contributed by atoms with van der Waals surface area (Å²) in [6.45, 7) is 9.67. The van der Waals surface area contributed by atoms with Crippen molar-refractivity contribution < 1.29 is 33.7 Å². The van der Waals surface area contributed by atoms with Gasteiger partial charge in [-0.25, -0.2) is 9.59 Å². The maximum Gasteiger partial charge on any atom is 0.339 e. The van der Waals surface area contributed by atoms with Crippen molar-refractivity contribution in [3.05, 3.63) is 77.4 Å². The molecule has 0 spiro atoms. The molecule has 0 aromatic heterocycles. The standard InChI is InChI=1S/C37H50N2O7/c1-26-16-19-31(27(2)23-26)38-20-11-12-22-44-33(34(45-25-32(40)41)36(43)46-37(3,4)5)35(42)39-21-10-6-7-13-28-17-18-29-14-8-9-15-30(29)24-28/h8-9,14-19,23-24,33-34,38H,6-7,10-13,20-22,25H2,1-5H3,(H,39,42)(H,40,41). The van der Waals surface area contributed by atoms with Gasteiger partial charge in [-0.2, -0.15) is 0 Å². The number of unbranched alkanes of at least 4 members (excludes halogenated alkanes) is 3. The van der Waals surface area contributed by atoms with E-state index in [0.29, 0.717) is 19.5 Å². The van der Waals surface area contributed by atoms with E-state index in [4.69, 9.17) is 14.2 Å². The molecule has 9 heteroatoms. The van der Waals surface area contributed by atoms with Gasteiger partial charge in [-0.1, -0.05) is 66.6 Å². The second-order valence-corrected chi connectivity index (χ2v) is 12.7. The van der Waals surface area contributed by atoms with Crippen molar-refractivity contribution in [2.45, 2.75) is 91.0 Å². The Bertz CT molecular complexity index is 1430. The summed E-state index contributed by atoms with van der Waals surface area (Å²) in [6.07, 6.45) is 2.01. The van der Waals surface area contributed by atoms with Gasteiger partial charge in [0.1, 0.15) is 12.2 Å². The highest BCUT2D eigenvalue weighted by molar-refractivity contribution is 5.89. The molecule has 0 aliphatic rings. The zero-order valence-corrected chi connectivity index (χ0v) is 27.9. The summed E-state index contributed by atoms with van der Waals surface area (Å²) < 4.78 is 16.8. The van der Waals surface area contributed by atoms with E-state index in [9.17, 15) is 19.5 Å². The van der Waals surface area contributed by atoms with Crippen LogP contribution in [0.1, 0.15) is 69.6 Å². The van der Waals surface area contributed by atoms with Crippen molar-refractivity contribution in [1.82, 2.24) is 5.32 Å². The van der Waals surface area contributed by atoms with Crippen LogP contribution in [-0.4, -0.2) is 67.1 Å². The Balaban J connectivity index is 1.53. The molecule has 3 rings (SSSR count). The molecule has 3 N–H and O–H groups in total. The fourth-order valence-corrected chi connectivity index (χ4v) is 5.11. The highest BCUT2D eigenvalue weighted by Crippen LogP contribution is 2.19. The molecular weight excluding hydrogens is 584 g/mol. The van der Waals surface area contributed by atoms with Gasteiger partial charge in [-0.3, -0.25) is 4.79 Å². The first kappa shape index (κ1) is 36.5. The van der Waals surface area contributed by atoms with Gasteiger partial charge in [0.15, 0.2) is 12.2 Å². The smallest absolute Gasteiger partial charge is 0.339 e. The summed E-state index contributed by atoms with van der Waals surface area (Å²) in [5.74, 6) is -2.65. The van der Waals surface area contributed by atoms with Crippen molar-refractivity contribution >= 4 is 34.3 Å². The minimum absolute atomic E-state index is 0.175. The van der Waals surface area contributed by atoms with E-state index in [2.05, 4.69) is 73.0 Å². The number of carbonyl (C=O) groups excluding carboxylic acids is 2. The third kappa shape index (κ3) is 12.8. The summed E-state index contributed by atoms with van der Waals surface area (Å²) in [6, 6.07) is 21.0. The number of fused-ring (bicyclic) bond motifs is 1. The number of hydrogen-bond acceptors (Lipinski definition) is 7. The van der Waals surface area contributed by atoms with Crippen molar-refractivity contribution in [2.24, 2.45) is 0 Å². The first-order chi connectivity index (χ1) is 21.9. The maximum atomic E-state index is 13.4. The molecule has 1 amide bonds. The van der Waals surface area contributed by atoms with Gasteiger partial charge in [0.2, 0.25) is 0 Å². The molecule has 0 saturated carbocycles. The predicted octanol–water partition coefficient (Wildman–Crippen LogP) is 6.37. The van der Waals surface area contributed by atoms with Crippen molar-refractivity contribution in [3.8, 4) is 0 Å². The van der Waals surface area contributed by atoms with Gasteiger partial charge < -0.3 is 30.0 Å². The zero-order valence-electron chi connectivity index (χ0n) is 27.9. The van der Waals surface area contributed by atoms with Crippen LogP contribution in [0.2, 0.25) is 0 Å². The third-order valence-corrected chi connectivity index (χ3v) is 7.38. The Morgan fingerprint density at radius 2 is 1.54 bits per heavy atom. The molecule has 3 aromatic carbocycles. The monoisotopic (exact) mass is 634 g/mol. The Morgan fingerprint density at radius 3 is 2.26 bits per heavy atom. The van der Waals surface area contributed by atoms with E-state index in [1.165, 1.54) is 21.9 Å². The van der Waals surface area contributed by atoms with Gasteiger partial charge in [0.25, 0.3) is 5.91 Å². The van der Waals surface area contributed by atoms with Crippen LogP contribution in [0.25, 0.3) is 10.8 Å². The Labute approximate surface area is 273 Å². The second-order valence-electron chi connectivity index (χ2n) is 12.7. The lowest BCUT2D eigenvalue weighted by Crippen LogP contribution is -2.51. The molecule has 0 heterocycles. The molecule has 2 unspecified atom stereocenters. The molecule has 2 atom stereocenters. The van der Waals surface area contributed by atoms with Crippen LogP contribution in [0.15, 0.2) is 60.7 Å². The van der Waals surface area contributed by atoms with Crippen molar-refractivity contribution in [1.29, 1.82) is 0 Å². The van der Waals surface area contributed by atoms with E-state index in [1.54, 1.807) is 20.8 Å². The highest BCUT2D eigenvalue weighted by atomic mass is 16.6. The largest absolute Gasteiger partial charge is 0.480 e. The first-order valence-corrected chi connectivity index (χ1v) is 16.2. The van der Waals surface area contributed by atoms with E-state index in [0.717, 1.165) is 43.4 Å². The number of nitrogens with one attached hydrogen (secondary N) is 2. The van der Waals surface area contributed by atoms with Gasteiger partial charge in [-0.05, 0) is 94.7 Å². The Hall–Kier alpha value is -3.95. The number of aliphatic carboxylic acids is 1. The first-order valence-electron chi connectivity index (χ1n) is 16.2. The fourth-order valence-electron chi connectivity index (χ4n) is 5.11. The number of ether oxygens (including phenoxy) is 3. The average Bonchev–Trinajstić information content (AvgIpc) is 2.99. The summed E-state index contributed by atoms with van der Waals surface area (Å²) >= 11 is 0. The summed E-state index contributed by atoms with van der Waals surface area (Å²) in [7, 11) is 0. The zero-order chi connectivity index (χ0) is 33.5. The number of hydrogen-bond donors (Lipinski definition) is 3. The average molecular weight is 635 g/mol. The van der Waals surface area contributed by atoms with Gasteiger partial charge in [0.05, 0.1) is 0 Å². The van der Waals surface area contributed by atoms with Crippen molar-refractivity contribution in [2.75, 3.05) is 31.6 Å². The molecule has 0 radical (unpaired) electrons. The number of carboxylic acid groups (broad SMARTS) is 1. The number of amides is 1. The molecule has 0 aliphatic carbocycles. The normalized spacial score (nSPS) is 12.8. The SMILES string of the molecule is Cc1ccc(NCCCCOC(C(=O)NCCCCCc2ccc3ccccc3c2)C(OCC(=O)O)C(=O)OC(C)(C)C)c(C)c1. The summed E-state index contributed by atoms with van der Waals surface area (Å²) in [5, 5.41) is 18.0. The lowest BCUT2D eigenvalue weighted by molar-refractivity contribution is -0.184. The number of anilines is 1. The van der Waals surface area contributed by atoms with E-state index >= 15 is 0 Å². The summed E-state index contributed by atoms with van der Waals surface area (Å²) in [4.78, 5) is 37.8. The van der Waals surface area contributed by atoms with Gasteiger partial charge >= 0.3 is 11.9 Å². The predicted molar refractivity (Wildman–Crippen MR) is 181 cm³/mol. The Kier molecular flexibility index (Phi) is 14.5. The van der Waals surface area contributed by atoms with Gasteiger partial charge in [-0.15, -0.1) is 0 Å². The molecule has 0 fully saturated rings. The van der Waals surface area contributed by atoms with Crippen LogP contribution in [0, 0.1) is 13.8 Å². The molecule has 0 bridgehead atoms. The molecular formula is C37H50N2O7. The summed E-state index contributed by atoms with van der Waals surface area (Å²) in [5.41, 5.74) is 3.83. The van der Waals surface area contributed by atoms with Crippen LogP contribution < -0.4 is 10.6 Å². The van der Waals surface area contributed by atoms with Crippen LogP contribution in [-0.2, 0) is 35.0 Å². The number of rotatable bonds is 19.